The van der Waals surface area contributed by atoms with Crippen molar-refractivity contribution in [3.8, 4) is 0 Å². The monoisotopic (exact) mass is 238 g/mol. The molecule has 0 radical (unpaired) electrons. The van der Waals surface area contributed by atoms with Crippen LogP contribution in [0.2, 0.25) is 0 Å². The lowest BCUT2D eigenvalue weighted by molar-refractivity contribution is -0.138. The Morgan fingerprint density at radius 2 is 2.24 bits per heavy atom. The number of hydrogen-bond donors (Lipinski definition) is 2. The van der Waals surface area contributed by atoms with E-state index in [0.29, 0.717) is 11.8 Å². The van der Waals surface area contributed by atoms with Crippen molar-refractivity contribution in [2.24, 2.45) is 0 Å². The molecule has 94 valence electrons. The summed E-state index contributed by atoms with van der Waals surface area (Å²) in [5.74, 6) is 0.875. The first kappa shape index (κ1) is 13.2. The van der Waals surface area contributed by atoms with Crippen molar-refractivity contribution in [2.45, 2.75) is 20.3 Å². The molecule has 0 saturated carbocycles. The molecular weight excluding hydrogens is 220 g/mol. The molecule has 0 atom stereocenters. The van der Waals surface area contributed by atoms with Gasteiger partial charge >= 0.3 is 5.97 Å². The third-order valence-corrected chi connectivity index (χ3v) is 2.13. The maximum Gasteiger partial charge on any atom is 0.325 e. The Kier molecular flexibility index (Phi) is 5.19. The first-order chi connectivity index (χ1) is 8.17. The van der Waals surface area contributed by atoms with E-state index in [-0.39, 0.29) is 12.5 Å². The fourth-order valence-corrected chi connectivity index (χ4v) is 1.17. The van der Waals surface area contributed by atoms with Gasteiger partial charge in [-0.05, 0) is 13.3 Å². The topological polar surface area (TPSA) is 76.1 Å². The van der Waals surface area contributed by atoms with Crippen molar-refractivity contribution >= 4 is 17.7 Å². The number of hydrogen-bond acceptors (Lipinski definition) is 6. The lowest BCUT2D eigenvalue weighted by Crippen LogP contribution is -2.17. The summed E-state index contributed by atoms with van der Waals surface area (Å²) < 4.78 is 4.55. The molecule has 0 bridgehead atoms. The number of methoxy groups -OCH3 is 1. The molecular formula is C11H18N4O2. The smallest absolute Gasteiger partial charge is 0.325 e. The highest BCUT2D eigenvalue weighted by Crippen LogP contribution is 2.12. The third-order valence-electron chi connectivity index (χ3n) is 2.13. The van der Waals surface area contributed by atoms with Crippen molar-refractivity contribution < 1.29 is 9.53 Å². The molecule has 1 aromatic heterocycles. The first-order valence-corrected chi connectivity index (χ1v) is 5.55. The number of aryl methyl sites for hydroxylation is 1. The van der Waals surface area contributed by atoms with Crippen molar-refractivity contribution in [1.82, 2.24) is 9.97 Å². The SMILES string of the molecule is CCCNc1ncc(C)c(NCC(=O)OC)n1. The molecule has 1 rings (SSSR count). The summed E-state index contributed by atoms with van der Waals surface area (Å²) in [7, 11) is 1.35. The van der Waals surface area contributed by atoms with Gasteiger partial charge in [-0.25, -0.2) is 4.98 Å². The highest BCUT2D eigenvalue weighted by molar-refractivity contribution is 5.74. The van der Waals surface area contributed by atoms with Gasteiger partial charge in [0.05, 0.1) is 7.11 Å². The fraction of sp³-hybridized carbons (Fsp3) is 0.545. The Labute approximate surface area is 101 Å². The van der Waals surface area contributed by atoms with Gasteiger partial charge in [-0.15, -0.1) is 0 Å². The summed E-state index contributed by atoms with van der Waals surface area (Å²) >= 11 is 0. The summed E-state index contributed by atoms with van der Waals surface area (Å²) in [6.07, 6.45) is 2.72. The second-order valence-electron chi connectivity index (χ2n) is 3.58. The lowest BCUT2D eigenvalue weighted by atomic mass is 10.3. The van der Waals surface area contributed by atoms with Crippen LogP contribution in [0, 0.1) is 6.92 Å². The molecule has 6 heteroatoms. The minimum atomic E-state index is -0.328. The molecule has 0 unspecified atom stereocenters. The van der Waals surface area contributed by atoms with Crippen LogP contribution in [-0.4, -0.2) is 36.1 Å². The van der Waals surface area contributed by atoms with E-state index in [1.54, 1.807) is 6.20 Å². The lowest BCUT2D eigenvalue weighted by Gasteiger charge is -2.09. The Morgan fingerprint density at radius 3 is 2.88 bits per heavy atom. The van der Waals surface area contributed by atoms with Gasteiger partial charge in [-0.1, -0.05) is 6.92 Å². The van der Waals surface area contributed by atoms with E-state index in [1.165, 1.54) is 7.11 Å². The minimum absolute atomic E-state index is 0.0988. The summed E-state index contributed by atoms with van der Waals surface area (Å²) in [5, 5.41) is 6.00. The second-order valence-corrected chi connectivity index (χ2v) is 3.58. The molecule has 0 aromatic carbocycles. The molecule has 1 heterocycles. The molecule has 17 heavy (non-hydrogen) atoms. The molecule has 0 aliphatic heterocycles. The predicted octanol–water partition coefficient (Wildman–Crippen LogP) is 1.19. The van der Waals surface area contributed by atoms with Gasteiger partial charge < -0.3 is 15.4 Å². The number of anilines is 2. The van der Waals surface area contributed by atoms with E-state index in [9.17, 15) is 4.79 Å². The number of esters is 1. The number of nitrogens with one attached hydrogen (secondary N) is 2. The number of nitrogens with zero attached hydrogens (tertiary/aromatic N) is 2. The molecule has 0 saturated heterocycles. The van der Waals surface area contributed by atoms with Gasteiger partial charge in [0.25, 0.3) is 0 Å². The van der Waals surface area contributed by atoms with Crippen molar-refractivity contribution in [2.75, 3.05) is 30.8 Å². The van der Waals surface area contributed by atoms with Crippen molar-refractivity contribution in [1.29, 1.82) is 0 Å². The van der Waals surface area contributed by atoms with Gasteiger partial charge in [-0.3, -0.25) is 4.79 Å². The van der Waals surface area contributed by atoms with Crippen LogP contribution in [0.3, 0.4) is 0 Å². The Bertz CT molecular complexity index is 382. The van der Waals surface area contributed by atoms with Crippen LogP contribution >= 0.6 is 0 Å². The quantitative estimate of drug-likeness (QED) is 0.725. The number of carbonyl (C=O) groups excluding carboxylic acids is 1. The maximum absolute atomic E-state index is 11.0. The van der Waals surface area contributed by atoms with E-state index in [2.05, 4.69) is 32.3 Å². The van der Waals surface area contributed by atoms with Gasteiger partial charge in [0, 0.05) is 18.3 Å². The van der Waals surface area contributed by atoms with E-state index in [1.807, 2.05) is 6.92 Å². The molecule has 0 amide bonds. The molecule has 6 nitrogen and oxygen atoms in total. The standard InChI is InChI=1S/C11H18N4O2/c1-4-5-12-11-14-6-8(2)10(15-11)13-7-9(16)17-3/h6H,4-5,7H2,1-3H3,(H2,12,13,14,15). The summed E-state index contributed by atoms with van der Waals surface area (Å²) in [5.41, 5.74) is 0.885. The average molecular weight is 238 g/mol. The molecule has 0 spiro atoms. The van der Waals surface area contributed by atoms with Gasteiger partial charge in [0.2, 0.25) is 5.95 Å². The van der Waals surface area contributed by atoms with Crippen LogP contribution in [0.1, 0.15) is 18.9 Å². The van der Waals surface area contributed by atoms with Crippen molar-refractivity contribution in [3.63, 3.8) is 0 Å². The van der Waals surface area contributed by atoms with Crippen LogP contribution in [0.15, 0.2) is 6.20 Å². The van der Waals surface area contributed by atoms with Crippen molar-refractivity contribution in [3.05, 3.63) is 11.8 Å². The zero-order valence-electron chi connectivity index (χ0n) is 10.4. The normalized spacial score (nSPS) is 9.82. The summed E-state index contributed by atoms with van der Waals surface area (Å²) in [6, 6.07) is 0. The van der Waals surface area contributed by atoms with E-state index in [4.69, 9.17) is 0 Å². The number of ether oxygens (including phenoxy) is 1. The molecule has 0 fully saturated rings. The van der Waals surface area contributed by atoms with Crippen LogP contribution in [-0.2, 0) is 9.53 Å². The zero-order chi connectivity index (χ0) is 12.7. The second kappa shape index (κ2) is 6.67. The molecule has 2 N–H and O–H groups in total. The Morgan fingerprint density at radius 1 is 1.47 bits per heavy atom. The minimum Gasteiger partial charge on any atom is -0.468 e. The van der Waals surface area contributed by atoms with Crippen LogP contribution in [0.5, 0.6) is 0 Å². The number of aromatic nitrogens is 2. The average Bonchev–Trinajstić information content (AvgIpc) is 2.35. The van der Waals surface area contributed by atoms with Crippen LogP contribution < -0.4 is 10.6 Å². The van der Waals surface area contributed by atoms with Gasteiger partial charge in [0.1, 0.15) is 12.4 Å². The largest absolute Gasteiger partial charge is 0.468 e. The maximum atomic E-state index is 11.0. The molecule has 0 aliphatic rings. The Hall–Kier alpha value is -1.85. The highest BCUT2D eigenvalue weighted by atomic mass is 16.5. The zero-order valence-corrected chi connectivity index (χ0v) is 10.4. The summed E-state index contributed by atoms with van der Waals surface area (Å²) in [6.45, 7) is 4.86. The molecule has 1 aromatic rings. The van der Waals surface area contributed by atoms with E-state index < -0.39 is 0 Å². The van der Waals surface area contributed by atoms with E-state index in [0.717, 1.165) is 18.5 Å². The number of rotatable bonds is 6. The van der Waals surface area contributed by atoms with Gasteiger partial charge in [-0.2, -0.15) is 4.98 Å². The number of carbonyl (C=O) groups is 1. The third kappa shape index (κ3) is 4.26. The first-order valence-electron chi connectivity index (χ1n) is 5.55. The fourth-order valence-electron chi connectivity index (χ4n) is 1.17. The van der Waals surface area contributed by atoms with E-state index >= 15 is 0 Å². The molecule has 0 aliphatic carbocycles. The summed E-state index contributed by atoms with van der Waals surface area (Å²) in [4.78, 5) is 19.4. The van der Waals surface area contributed by atoms with Crippen LogP contribution in [0.25, 0.3) is 0 Å². The highest BCUT2D eigenvalue weighted by Gasteiger charge is 2.05. The van der Waals surface area contributed by atoms with Crippen LogP contribution in [0.4, 0.5) is 11.8 Å². The predicted molar refractivity (Wildman–Crippen MR) is 66.1 cm³/mol. The van der Waals surface area contributed by atoms with Gasteiger partial charge in [0.15, 0.2) is 0 Å². The Balaban J connectivity index is 2.65.